The first kappa shape index (κ1) is 20.6. The quantitative estimate of drug-likeness (QED) is 0.651. The molecule has 1 amide bonds. The molecule has 0 aliphatic heterocycles. The maximum Gasteiger partial charge on any atom is 0.243 e. The third-order valence-electron chi connectivity index (χ3n) is 6.03. The van der Waals surface area contributed by atoms with E-state index in [1.165, 1.54) is 19.3 Å². The molecule has 5 heteroatoms. The molecule has 1 aliphatic carbocycles. The van der Waals surface area contributed by atoms with E-state index >= 15 is 0 Å². The van der Waals surface area contributed by atoms with Crippen molar-refractivity contribution in [2.24, 2.45) is 0 Å². The van der Waals surface area contributed by atoms with Crippen molar-refractivity contribution in [2.75, 3.05) is 0 Å². The number of amides is 1. The lowest BCUT2D eigenvalue weighted by Crippen LogP contribution is -2.43. The number of hydrogen-bond acceptors (Lipinski definition) is 3. The molecule has 0 saturated heterocycles. The minimum atomic E-state index is -1.13. The summed E-state index contributed by atoms with van der Waals surface area (Å²) in [5.74, 6) is 0.611. The topological polar surface area (TPSA) is 58.4 Å². The van der Waals surface area contributed by atoms with Crippen LogP contribution in [0.25, 0.3) is 11.0 Å². The highest BCUT2D eigenvalue weighted by molar-refractivity contribution is 5.81. The van der Waals surface area contributed by atoms with Crippen molar-refractivity contribution < 1.29 is 9.90 Å². The van der Waals surface area contributed by atoms with Gasteiger partial charge in [0.1, 0.15) is 18.0 Å². The lowest BCUT2D eigenvalue weighted by Gasteiger charge is -2.35. The Morgan fingerprint density at radius 2 is 1.73 bits per heavy atom. The van der Waals surface area contributed by atoms with Crippen LogP contribution < -0.4 is 0 Å². The highest BCUT2D eigenvalue weighted by atomic mass is 16.3. The maximum absolute atomic E-state index is 13.6. The van der Waals surface area contributed by atoms with Gasteiger partial charge in [0.15, 0.2) is 0 Å². The second-order valence-corrected chi connectivity index (χ2v) is 8.87. The Labute approximate surface area is 178 Å². The molecule has 3 aromatic rings. The Kier molecular flexibility index (Phi) is 5.91. The van der Waals surface area contributed by atoms with E-state index in [-0.39, 0.29) is 18.5 Å². The number of fused-ring (bicyclic) bond motifs is 1. The standard InChI is InChI=1S/C25H31N3O2/c1-25(2,30)24-26-21-15-9-10-16-22(21)28(24)18-23(29)27(20-13-7-4-8-14-20)17-19-11-5-3-6-12-19/h3,5-6,9-12,15-16,20,30H,4,7-8,13-14,17-18H2,1-2H3. The van der Waals surface area contributed by atoms with E-state index in [0.29, 0.717) is 12.4 Å². The van der Waals surface area contributed by atoms with Gasteiger partial charge in [-0.2, -0.15) is 0 Å². The molecule has 0 radical (unpaired) electrons. The Bertz CT molecular complexity index is 998. The smallest absolute Gasteiger partial charge is 0.243 e. The number of carbonyl (C=O) groups excluding carboxylic acids is 1. The van der Waals surface area contributed by atoms with Crippen LogP contribution >= 0.6 is 0 Å². The van der Waals surface area contributed by atoms with Gasteiger partial charge in [-0.1, -0.05) is 61.7 Å². The number of imidazole rings is 1. The molecule has 158 valence electrons. The zero-order valence-corrected chi connectivity index (χ0v) is 17.9. The van der Waals surface area contributed by atoms with Crippen LogP contribution in [-0.4, -0.2) is 31.5 Å². The minimum absolute atomic E-state index is 0.0828. The van der Waals surface area contributed by atoms with E-state index in [0.717, 1.165) is 29.4 Å². The Morgan fingerprint density at radius 3 is 2.43 bits per heavy atom. The van der Waals surface area contributed by atoms with Crippen LogP contribution in [-0.2, 0) is 23.5 Å². The average molecular weight is 406 g/mol. The second kappa shape index (κ2) is 8.60. The van der Waals surface area contributed by atoms with Gasteiger partial charge in [-0.25, -0.2) is 4.98 Å². The molecule has 5 nitrogen and oxygen atoms in total. The molecule has 30 heavy (non-hydrogen) atoms. The van der Waals surface area contributed by atoms with E-state index < -0.39 is 5.60 Å². The Morgan fingerprint density at radius 1 is 1.07 bits per heavy atom. The fraction of sp³-hybridized carbons (Fsp3) is 0.440. The van der Waals surface area contributed by atoms with Crippen molar-refractivity contribution in [2.45, 2.75) is 70.7 Å². The van der Waals surface area contributed by atoms with Crippen LogP contribution in [0.2, 0.25) is 0 Å². The van der Waals surface area contributed by atoms with Gasteiger partial charge in [-0.15, -0.1) is 0 Å². The van der Waals surface area contributed by atoms with Gasteiger partial charge in [-0.3, -0.25) is 4.79 Å². The first-order valence-corrected chi connectivity index (χ1v) is 10.9. The minimum Gasteiger partial charge on any atom is -0.383 e. The molecule has 1 fully saturated rings. The van der Waals surface area contributed by atoms with Gasteiger partial charge in [0.2, 0.25) is 5.91 Å². The molecule has 1 heterocycles. The lowest BCUT2D eigenvalue weighted by molar-refractivity contribution is -0.135. The van der Waals surface area contributed by atoms with Crippen LogP contribution in [0.5, 0.6) is 0 Å². The van der Waals surface area contributed by atoms with Gasteiger partial charge in [0, 0.05) is 12.6 Å². The zero-order valence-electron chi connectivity index (χ0n) is 17.9. The molecule has 1 aromatic heterocycles. The molecular formula is C25H31N3O2. The highest BCUT2D eigenvalue weighted by Gasteiger charge is 2.29. The average Bonchev–Trinajstić information content (AvgIpc) is 3.12. The third kappa shape index (κ3) is 4.41. The molecule has 0 unspecified atom stereocenters. The van der Waals surface area contributed by atoms with Crippen LogP contribution in [0.4, 0.5) is 0 Å². The first-order valence-electron chi connectivity index (χ1n) is 10.9. The number of rotatable bonds is 6. The highest BCUT2D eigenvalue weighted by Crippen LogP contribution is 2.27. The summed E-state index contributed by atoms with van der Waals surface area (Å²) >= 11 is 0. The number of hydrogen-bond donors (Lipinski definition) is 1. The molecule has 1 N–H and O–H groups in total. The van der Waals surface area contributed by atoms with Crippen molar-refractivity contribution >= 4 is 16.9 Å². The van der Waals surface area contributed by atoms with E-state index in [1.807, 2.05) is 47.0 Å². The molecule has 1 saturated carbocycles. The lowest BCUT2D eigenvalue weighted by atomic mass is 9.93. The van der Waals surface area contributed by atoms with E-state index in [9.17, 15) is 9.90 Å². The Hall–Kier alpha value is -2.66. The fourth-order valence-electron chi connectivity index (χ4n) is 4.52. The summed E-state index contributed by atoms with van der Waals surface area (Å²) in [6.07, 6.45) is 5.71. The number of nitrogens with zero attached hydrogens (tertiary/aromatic N) is 3. The van der Waals surface area contributed by atoms with Crippen molar-refractivity contribution in [3.05, 3.63) is 66.0 Å². The molecule has 4 rings (SSSR count). The van der Waals surface area contributed by atoms with Crippen molar-refractivity contribution in [3.63, 3.8) is 0 Å². The predicted molar refractivity (Wildman–Crippen MR) is 119 cm³/mol. The van der Waals surface area contributed by atoms with Crippen LogP contribution in [0.1, 0.15) is 57.3 Å². The Balaban J connectivity index is 1.67. The van der Waals surface area contributed by atoms with Gasteiger partial charge in [0.25, 0.3) is 0 Å². The summed E-state index contributed by atoms with van der Waals surface area (Å²) in [6.45, 7) is 4.24. The number of aromatic nitrogens is 2. The van der Waals surface area contributed by atoms with Crippen molar-refractivity contribution in [1.29, 1.82) is 0 Å². The molecule has 1 aliphatic rings. The fourth-order valence-corrected chi connectivity index (χ4v) is 4.52. The maximum atomic E-state index is 13.6. The van der Waals surface area contributed by atoms with E-state index in [2.05, 4.69) is 22.0 Å². The predicted octanol–water partition coefficient (Wildman–Crippen LogP) is 4.63. The summed E-state index contributed by atoms with van der Waals surface area (Å²) in [6, 6.07) is 18.2. The van der Waals surface area contributed by atoms with Crippen LogP contribution in [0.15, 0.2) is 54.6 Å². The summed E-state index contributed by atoms with van der Waals surface area (Å²) < 4.78 is 1.89. The summed E-state index contributed by atoms with van der Waals surface area (Å²) in [5.41, 5.74) is 1.70. The van der Waals surface area contributed by atoms with Crippen LogP contribution in [0.3, 0.4) is 0 Å². The molecule has 0 atom stereocenters. The zero-order chi connectivity index (χ0) is 21.1. The third-order valence-corrected chi connectivity index (χ3v) is 6.03. The van der Waals surface area contributed by atoms with E-state index in [1.54, 1.807) is 13.8 Å². The van der Waals surface area contributed by atoms with Gasteiger partial charge in [0.05, 0.1) is 11.0 Å². The molecule has 2 aromatic carbocycles. The van der Waals surface area contributed by atoms with Gasteiger partial charge in [-0.05, 0) is 44.4 Å². The summed E-state index contributed by atoms with van der Waals surface area (Å²) in [5, 5.41) is 10.7. The second-order valence-electron chi connectivity index (χ2n) is 8.87. The van der Waals surface area contributed by atoms with E-state index in [4.69, 9.17) is 0 Å². The first-order chi connectivity index (χ1) is 14.4. The monoisotopic (exact) mass is 405 g/mol. The largest absolute Gasteiger partial charge is 0.383 e. The summed E-state index contributed by atoms with van der Waals surface area (Å²) in [4.78, 5) is 20.3. The van der Waals surface area contributed by atoms with Crippen molar-refractivity contribution in [3.8, 4) is 0 Å². The van der Waals surface area contributed by atoms with Crippen molar-refractivity contribution in [1.82, 2.24) is 14.5 Å². The molecule has 0 spiro atoms. The number of carbonyl (C=O) groups is 1. The summed E-state index contributed by atoms with van der Waals surface area (Å²) in [7, 11) is 0. The number of aliphatic hydroxyl groups is 1. The van der Waals surface area contributed by atoms with Gasteiger partial charge < -0.3 is 14.6 Å². The van der Waals surface area contributed by atoms with Gasteiger partial charge >= 0.3 is 0 Å². The molecular weight excluding hydrogens is 374 g/mol. The van der Waals surface area contributed by atoms with Crippen LogP contribution in [0, 0.1) is 0 Å². The normalized spacial score (nSPS) is 15.4. The SMILES string of the molecule is CC(C)(O)c1nc2ccccc2n1CC(=O)N(Cc1ccccc1)C1CCCCC1. The molecule has 0 bridgehead atoms. The number of para-hydroxylation sites is 2. The number of benzene rings is 2.